The van der Waals surface area contributed by atoms with Crippen LogP contribution in [0.2, 0.25) is 0 Å². The maximum Gasteiger partial charge on any atom is 0.417 e. The Hall–Kier alpha value is -1.72. The summed E-state index contributed by atoms with van der Waals surface area (Å²) < 4.78 is 38.1. The van der Waals surface area contributed by atoms with E-state index in [-0.39, 0.29) is 5.41 Å². The molecule has 0 aliphatic rings. The molecule has 1 aromatic carbocycles. The predicted molar refractivity (Wildman–Crippen MR) is 71.0 cm³/mol. The number of carboxylic acid groups (broad SMARTS) is 1. The van der Waals surface area contributed by atoms with Crippen molar-refractivity contribution in [1.29, 1.82) is 0 Å². The molecule has 0 saturated heterocycles. The van der Waals surface area contributed by atoms with E-state index < -0.39 is 23.3 Å². The third-order valence-electron chi connectivity index (χ3n) is 3.28. The van der Waals surface area contributed by atoms with Gasteiger partial charge in [-0.15, -0.1) is 0 Å². The summed E-state index contributed by atoms with van der Waals surface area (Å²) in [6, 6.07) is 3.07. The summed E-state index contributed by atoms with van der Waals surface area (Å²) in [5, 5.41) is 11.9. The molecule has 0 amide bonds. The minimum atomic E-state index is -4.67. The van der Waals surface area contributed by atoms with E-state index in [1.54, 1.807) is 0 Å². The second kappa shape index (κ2) is 5.73. The smallest absolute Gasteiger partial charge is 0.417 e. The normalized spacial score (nSPS) is 12.3. The molecule has 0 fully saturated rings. The monoisotopic (exact) mass is 289 g/mol. The first kappa shape index (κ1) is 16.3. The van der Waals surface area contributed by atoms with Crippen LogP contribution in [0.15, 0.2) is 18.2 Å². The van der Waals surface area contributed by atoms with Crippen molar-refractivity contribution in [2.75, 3.05) is 11.9 Å². The molecule has 112 valence electrons. The number of halogens is 3. The molecule has 1 aromatic rings. The Balaban J connectivity index is 3.03. The van der Waals surface area contributed by atoms with Crippen molar-refractivity contribution in [2.24, 2.45) is 5.41 Å². The third kappa shape index (κ3) is 4.15. The number of nitrogens with one attached hydrogen (secondary N) is 1. The Bertz CT molecular complexity index is 496. The van der Waals surface area contributed by atoms with Gasteiger partial charge in [0.2, 0.25) is 0 Å². The van der Waals surface area contributed by atoms with E-state index in [1.165, 1.54) is 6.07 Å². The Morgan fingerprint density at radius 3 is 2.35 bits per heavy atom. The Labute approximate surface area is 115 Å². The molecule has 0 aromatic heterocycles. The van der Waals surface area contributed by atoms with Crippen molar-refractivity contribution in [3.8, 4) is 0 Å². The van der Waals surface area contributed by atoms with Gasteiger partial charge in [-0.3, -0.25) is 0 Å². The van der Waals surface area contributed by atoms with Crippen LogP contribution in [-0.4, -0.2) is 17.6 Å². The average molecular weight is 289 g/mol. The van der Waals surface area contributed by atoms with E-state index in [9.17, 15) is 18.0 Å². The molecule has 20 heavy (non-hydrogen) atoms. The van der Waals surface area contributed by atoms with Crippen LogP contribution in [0.4, 0.5) is 18.9 Å². The Kier molecular flexibility index (Phi) is 4.68. The van der Waals surface area contributed by atoms with Crippen LogP contribution >= 0.6 is 0 Å². The van der Waals surface area contributed by atoms with Crippen LogP contribution in [0, 0.1) is 5.41 Å². The molecule has 1 rings (SSSR count). The minimum Gasteiger partial charge on any atom is -0.478 e. The molecule has 0 aliphatic carbocycles. The van der Waals surface area contributed by atoms with Gasteiger partial charge in [0.1, 0.15) is 0 Å². The van der Waals surface area contributed by atoms with Crippen molar-refractivity contribution in [2.45, 2.75) is 33.4 Å². The number of carboxylic acids is 1. The van der Waals surface area contributed by atoms with Crippen LogP contribution in [0.5, 0.6) is 0 Å². The molecule has 0 unspecified atom stereocenters. The molecule has 0 atom stereocenters. The highest BCUT2D eigenvalue weighted by atomic mass is 19.4. The van der Waals surface area contributed by atoms with Gasteiger partial charge >= 0.3 is 12.1 Å². The quantitative estimate of drug-likeness (QED) is 0.852. The van der Waals surface area contributed by atoms with Gasteiger partial charge in [0.25, 0.3) is 0 Å². The zero-order chi connectivity index (χ0) is 15.6. The highest BCUT2D eigenvalue weighted by molar-refractivity contribution is 5.91. The van der Waals surface area contributed by atoms with E-state index in [4.69, 9.17) is 5.11 Å². The maximum absolute atomic E-state index is 12.7. The fourth-order valence-corrected chi connectivity index (χ4v) is 1.54. The number of hydrogen-bond donors (Lipinski definition) is 2. The highest BCUT2D eigenvalue weighted by Gasteiger charge is 2.35. The van der Waals surface area contributed by atoms with E-state index in [2.05, 4.69) is 5.32 Å². The maximum atomic E-state index is 12.7. The molecule has 0 aliphatic heterocycles. The molecule has 0 radical (unpaired) electrons. The van der Waals surface area contributed by atoms with Gasteiger partial charge in [0.05, 0.1) is 11.1 Å². The fourth-order valence-electron chi connectivity index (χ4n) is 1.54. The molecule has 0 bridgehead atoms. The zero-order valence-electron chi connectivity index (χ0n) is 11.6. The lowest BCUT2D eigenvalue weighted by Crippen LogP contribution is -2.22. The standard InChI is InChI=1S/C14H18F3NO2/c1-4-13(2,3)8-18-9-5-6-11(14(15,16)17)10(7-9)12(19)20/h5-7,18H,4,8H2,1-3H3,(H,19,20). The van der Waals surface area contributed by atoms with Gasteiger partial charge in [-0.1, -0.05) is 20.8 Å². The summed E-state index contributed by atoms with van der Waals surface area (Å²) in [6.07, 6.45) is -3.78. The molecule has 3 nitrogen and oxygen atoms in total. The number of alkyl halides is 3. The van der Waals surface area contributed by atoms with E-state index >= 15 is 0 Å². The van der Waals surface area contributed by atoms with Crippen LogP contribution in [0.25, 0.3) is 0 Å². The lowest BCUT2D eigenvalue weighted by Gasteiger charge is -2.24. The molecule has 0 saturated carbocycles. The van der Waals surface area contributed by atoms with Crippen LogP contribution in [0.1, 0.15) is 43.1 Å². The molecule has 2 N–H and O–H groups in total. The van der Waals surface area contributed by atoms with Crippen LogP contribution in [0.3, 0.4) is 0 Å². The van der Waals surface area contributed by atoms with Gasteiger partial charge in [-0.05, 0) is 30.0 Å². The summed E-state index contributed by atoms with van der Waals surface area (Å²) in [5.41, 5.74) is -1.52. The molecule has 0 heterocycles. The third-order valence-corrected chi connectivity index (χ3v) is 3.28. The fraction of sp³-hybridized carbons (Fsp3) is 0.500. The van der Waals surface area contributed by atoms with Crippen molar-refractivity contribution in [1.82, 2.24) is 0 Å². The summed E-state index contributed by atoms with van der Waals surface area (Å²) in [4.78, 5) is 11.0. The SMILES string of the molecule is CCC(C)(C)CNc1ccc(C(F)(F)F)c(C(=O)O)c1. The second-order valence-electron chi connectivity index (χ2n) is 5.43. The molecule has 6 heteroatoms. The first-order valence-corrected chi connectivity index (χ1v) is 6.25. The van der Waals surface area contributed by atoms with Crippen molar-refractivity contribution in [3.63, 3.8) is 0 Å². The van der Waals surface area contributed by atoms with Crippen LogP contribution in [-0.2, 0) is 6.18 Å². The number of aromatic carboxylic acids is 1. The lowest BCUT2D eigenvalue weighted by atomic mass is 9.90. The van der Waals surface area contributed by atoms with E-state index in [1.807, 2.05) is 20.8 Å². The number of rotatable bonds is 5. The van der Waals surface area contributed by atoms with Crippen molar-refractivity contribution in [3.05, 3.63) is 29.3 Å². The number of hydrogen-bond acceptors (Lipinski definition) is 2. The van der Waals surface area contributed by atoms with Crippen LogP contribution < -0.4 is 5.32 Å². The lowest BCUT2D eigenvalue weighted by molar-refractivity contribution is -0.138. The first-order valence-electron chi connectivity index (χ1n) is 6.25. The van der Waals surface area contributed by atoms with Gasteiger partial charge < -0.3 is 10.4 Å². The van der Waals surface area contributed by atoms with E-state index in [0.717, 1.165) is 18.6 Å². The second-order valence-corrected chi connectivity index (χ2v) is 5.43. The minimum absolute atomic E-state index is 0.0217. The van der Waals surface area contributed by atoms with Crippen molar-refractivity contribution >= 4 is 11.7 Å². The Morgan fingerprint density at radius 1 is 1.30 bits per heavy atom. The summed E-state index contributed by atoms with van der Waals surface area (Å²) in [6.45, 7) is 6.59. The van der Waals surface area contributed by atoms with Gasteiger partial charge in [0, 0.05) is 12.2 Å². The first-order chi connectivity index (χ1) is 9.07. The van der Waals surface area contributed by atoms with E-state index in [0.29, 0.717) is 12.2 Å². The number of benzene rings is 1. The average Bonchev–Trinajstić information content (AvgIpc) is 2.35. The summed E-state index contributed by atoms with van der Waals surface area (Å²) >= 11 is 0. The molecular formula is C14H18F3NO2. The molecular weight excluding hydrogens is 271 g/mol. The number of anilines is 1. The Morgan fingerprint density at radius 2 is 1.90 bits per heavy atom. The van der Waals surface area contributed by atoms with Gasteiger partial charge in [-0.2, -0.15) is 13.2 Å². The summed E-state index contributed by atoms with van der Waals surface area (Å²) in [7, 11) is 0. The van der Waals surface area contributed by atoms with Crippen molar-refractivity contribution < 1.29 is 23.1 Å². The zero-order valence-corrected chi connectivity index (χ0v) is 11.6. The number of carbonyl (C=O) groups is 1. The highest BCUT2D eigenvalue weighted by Crippen LogP contribution is 2.33. The largest absolute Gasteiger partial charge is 0.478 e. The predicted octanol–water partition coefficient (Wildman–Crippen LogP) is 4.25. The van der Waals surface area contributed by atoms with Gasteiger partial charge in [0.15, 0.2) is 0 Å². The topological polar surface area (TPSA) is 49.3 Å². The summed E-state index contributed by atoms with van der Waals surface area (Å²) in [5.74, 6) is -1.59. The molecule has 0 spiro atoms. The van der Waals surface area contributed by atoms with Gasteiger partial charge in [-0.25, -0.2) is 4.79 Å².